The van der Waals surface area contributed by atoms with E-state index in [-0.39, 0.29) is 0 Å². The highest BCUT2D eigenvalue weighted by Crippen LogP contribution is 2.27. The number of guanidine groups is 1. The van der Waals surface area contributed by atoms with E-state index < -0.39 is 0 Å². The molecule has 0 bridgehead atoms. The summed E-state index contributed by atoms with van der Waals surface area (Å²) in [5.74, 6) is 4.48. The molecular formula is C16H23N3S. The third-order valence-electron chi connectivity index (χ3n) is 4.24. The number of benzene rings is 1. The summed E-state index contributed by atoms with van der Waals surface area (Å²) in [6.45, 7) is 2.10. The number of para-hydroxylation sites is 1. The highest BCUT2D eigenvalue weighted by Gasteiger charge is 2.23. The summed E-state index contributed by atoms with van der Waals surface area (Å²) >= 11 is 2.09. The maximum absolute atomic E-state index is 4.48. The fourth-order valence-corrected chi connectivity index (χ4v) is 4.24. The molecule has 20 heavy (non-hydrogen) atoms. The van der Waals surface area contributed by atoms with Gasteiger partial charge in [-0.1, -0.05) is 18.2 Å². The number of hydrogen-bond acceptors (Lipinski definition) is 2. The number of nitrogens with zero attached hydrogens (tertiary/aromatic N) is 2. The van der Waals surface area contributed by atoms with E-state index in [1.807, 2.05) is 7.05 Å². The van der Waals surface area contributed by atoms with E-state index in [1.165, 1.54) is 35.6 Å². The van der Waals surface area contributed by atoms with Crippen LogP contribution < -0.4 is 10.2 Å². The van der Waals surface area contributed by atoms with Crippen LogP contribution in [0.3, 0.4) is 0 Å². The molecule has 2 aliphatic rings. The van der Waals surface area contributed by atoms with Gasteiger partial charge in [-0.05, 0) is 48.3 Å². The molecule has 1 saturated heterocycles. The Morgan fingerprint density at radius 1 is 1.35 bits per heavy atom. The molecule has 0 aromatic heterocycles. The average Bonchev–Trinajstić information content (AvgIpc) is 2.93. The first kappa shape index (κ1) is 13.8. The van der Waals surface area contributed by atoms with Crippen molar-refractivity contribution in [2.75, 3.05) is 36.5 Å². The second-order valence-corrected chi connectivity index (χ2v) is 6.74. The van der Waals surface area contributed by atoms with Crippen molar-refractivity contribution in [3.63, 3.8) is 0 Å². The van der Waals surface area contributed by atoms with Crippen molar-refractivity contribution in [1.82, 2.24) is 5.32 Å². The van der Waals surface area contributed by atoms with Gasteiger partial charge in [0, 0.05) is 25.8 Å². The number of fused-ring (bicyclic) bond motifs is 1. The fourth-order valence-electron chi connectivity index (χ4n) is 3.04. The van der Waals surface area contributed by atoms with Gasteiger partial charge in [0.2, 0.25) is 0 Å². The van der Waals surface area contributed by atoms with Gasteiger partial charge >= 0.3 is 0 Å². The Balaban J connectivity index is 1.63. The van der Waals surface area contributed by atoms with Gasteiger partial charge in [-0.15, -0.1) is 0 Å². The Bertz CT molecular complexity index is 480. The average molecular weight is 289 g/mol. The zero-order chi connectivity index (χ0) is 13.8. The molecule has 1 aromatic rings. The third-order valence-corrected chi connectivity index (χ3v) is 5.29. The van der Waals surface area contributed by atoms with Gasteiger partial charge in [0.1, 0.15) is 0 Å². The van der Waals surface area contributed by atoms with Crippen LogP contribution in [0.5, 0.6) is 0 Å². The molecule has 108 valence electrons. The first-order valence-electron chi connectivity index (χ1n) is 7.52. The standard InChI is InChI=1S/C16H23N3S/c1-17-16(18-12-13-7-10-20-11-8-13)19-9-6-14-4-2-3-5-15(14)19/h2-5,13H,6-12H2,1H3,(H,17,18). The maximum atomic E-state index is 4.48. The second-order valence-electron chi connectivity index (χ2n) is 5.51. The highest BCUT2D eigenvalue weighted by atomic mass is 32.2. The predicted molar refractivity (Wildman–Crippen MR) is 88.9 cm³/mol. The van der Waals surface area contributed by atoms with Crippen LogP contribution in [-0.2, 0) is 6.42 Å². The van der Waals surface area contributed by atoms with Crippen molar-refractivity contribution in [2.45, 2.75) is 19.3 Å². The SMILES string of the molecule is CN=C(NCC1CCSCC1)N1CCc2ccccc21. The number of nitrogens with one attached hydrogen (secondary N) is 1. The molecule has 2 heterocycles. The molecule has 0 saturated carbocycles. The van der Waals surface area contributed by atoms with E-state index in [9.17, 15) is 0 Å². The van der Waals surface area contributed by atoms with Crippen LogP contribution in [0.2, 0.25) is 0 Å². The van der Waals surface area contributed by atoms with E-state index in [4.69, 9.17) is 0 Å². The summed E-state index contributed by atoms with van der Waals surface area (Å²) in [6, 6.07) is 8.66. The number of rotatable bonds is 2. The lowest BCUT2D eigenvalue weighted by molar-refractivity contribution is 0.480. The Kier molecular flexibility index (Phi) is 4.51. The number of thioether (sulfide) groups is 1. The Hall–Kier alpha value is -1.16. The quantitative estimate of drug-likeness (QED) is 0.670. The minimum Gasteiger partial charge on any atom is -0.356 e. The molecule has 0 radical (unpaired) electrons. The smallest absolute Gasteiger partial charge is 0.198 e. The summed E-state index contributed by atoms with van der Waals surface area (Å²) < 4.78 is 0. The van der Waals surface area contributed by atoms with Crippen molar-refractivity contribution in [3.8, 4) is 0 Å². The van der Waals surface area contributed by atoms with Crippen LogP contribution in [0.15, 0.2) is 29.3 Å². The van der Waals surface area contributed by atoms with E-state index >= 15 is 0 Å². The molecule has 0 amide bonds. The molecule has 0 atom stereocenters. The van der Waals surface area contributed by atoms with E-state index in [2.05, 4.69) is 51.2 Å². The van der Waals surface area contributed by atoms with Crippen molar-refractivity contribution in [3.05, 3.63) is 29.8 Å². The topological polar surface area (TPSA) is 27.6 Å². The molecule has 1 N–H and O–H groups in total. The second kappa shape index (κ2) is 6.53. The van der Waals surface area contributed by atoms with Crippen LogP contribution in [0.4, 0.5) is 5.69 Å². The summed E-state index contributed by atoms with van der Waals surface area (Å²) in [5.41, 5.74) is 2.75. The first-order valence-corrected chi connectivity index (χ1v) is 8.68. The summed E-state index contributed by atoms with van der Waals surface area (Å²) in [6.07, 6.45) is 3.80. The molecule has 3 rings (SSSR count). The van der Waals surface area contributed by atoms with Gasteiger partial charge < -0.3 is 10.2 Å². The summed E-state index contributed by atoms with van der Waals surface area (Å²) in [5, 5.41) is 3.59. The molecular weight excluding hydrogens is 266 g/mol. The van der Waals surface area contributed by atoms with Gasteiger partial charge in [0.05, 0.1) is 0 Å². The lowest BCUT2D eigenvalue weighted by atomic mass is 10.0. The van der Waals surface area contributed by atoms with Gasteiger partial charge in [-0.25, -0.2) is 0 Å². The molecule has 1 aromatic carbocycles. The van der Waals surface area contributed by atoms with E-state index in [0.29, 0.717) is 0 Å². The van der Waals surface area contributed by atoms with Crippen LogP contribution in [0, 0.1) is 5.92 Å². The number of aliphatic imine (C=N–C) groups is 1. The van der Waals surface area contributed by atoms with E-state index in [0.717, 1.165) is 31.4 Å². The largest absolute Gasteiger partial charge is 0.356 e. The molecule has 0 aliphatic carbocycles. The zero-order valence-electron chi connectivity index (χ0n) is 12.1. The van der Waals surface area contributed by atoms with Crippen molar-refractivity contribution < 1.29 is 0 Å². The van der Waals surface area contributed by atoms with Crippen LogP contribution in [0.1, 0.15) is 18.4 Å². The highest BCUT2D eigenvalue weighted by molar-refractivity contribution is 7.99. The lowest BCUT2D eigenvalue weighted by Crippen LogP contribution is -2.43. The van der Waals surface area contributed by atoms with Gasteiger partial charge in [-0.3, -0.25) is 4.99 Å². The number of hydrogen-bond donors (Lipinski definition) is 1. The summed E-state index contributed by atoms with van der Waals surface area (Å²) in [7, 11) is 1.89. The predicted octanol–water partition coefficient (Wildman–Crippen LogP) is 2.77. The zero-order valence-corrected chi connectivity index (χ0v) is 13.0. The monoisotopic (exact) mass is 289 g/mol. The van der Waals surface area contributed by atoms with Crippen molar-refractivity contribution >= 4 is 23.4 Å². The molecule has 4 heteroatoms. The van der Waals surface area contributed by atoms with Crippen LogP contribution >= 0.6 is 11.8 Å². The van der Waals surface area contributed by atoms with Crippen LogP contribution in [0.25, 0.3) is 0 Å². The Labute approximate surface area is 125 Å². The molecule has 0 unspecified atom stereocenters. The minimum atomic E-state index is 0.811. The minimum absolute atomic E-state index is 0.811. The molecule has 3 nitrogen and oxygen atoms in total. The van der Waals surface area contributed by atoms with Gasteiger partial charge in [0.25, 0.3) is 0 Å². The molecule has 0 spiro atoms. The maximum Gasteiger partial charge on any atom is 0.198 e. The van der Waals surface area contributed by atoms with Crippen LogP contribution in [-0.4, -0.2) is 37.6 Å². The molecule has 2 aliphatic heterocycles. The number of anilines is 1. The Morgan fingerprint density at radius 3 is 2.95 bits per heavy atom. The first-order chi connectivity index (χ1) is 9.88. The van der Waals surface area contributed by atoms with Gasteiger partial charge in [0.15, 0.2) is 5.96 Å². The van der Waals surface area contributed by atoms with Crippen molar-refractivity contribution in [2.24, 2.45) is 10.9 Å². The van der Waals surface area contributed by atoms with Crippen molar-refractivity contribution in [1.29, 1.82) is 0 Å². The normalized spacial score (nSPS) is 20.1. The fraction of sp³-hybridized carbons (Fsp3) is 0.562. The Morgan fingerprint density at radius 2 is 2.15 bits per heavy atom. The lowest BCUT2D eigenvalue weighted by Gasteiger charge is -2.26. The van der Waals surface area contributed by atoms with Gasteiger partial charge in [-0.2, -0.15) is 11.8 Å². The molecule has 1 fully saturated rings. The van der Waals surface area contributed by atoms with E-state index in [1.54, 1.807) is 0 Å². The summed E-state index contributed by atoms with van der Waals surface area (Å²) in [4.78, 5) is 6.81. The third kappa shape index (κ3) is 2.95.